The first-order valence-corrected chi connectivity index (χ1v) is 11.7. The summed E-state index contributed by atoms with van der Waals surface area (Å²) in [5.74, 6) is 0. The molecule has 0 saturated carbocycles. The maximum absolute atomic E-state index is 10.9. The molecule has 1 aliphatic rings. The van der Waals surface area contributed by atoms with Gasteiger partial charge in [0.25, 0.3) is 0 Å². The number of allylic oxidation sites excluding steroid dienone is 5. The van der Waals surface area contributed by atoms with Gasteiger partial charge in [-0.05, 0) is 44.4 Å². The van der Waals surface area contributed by atoms with Crippen LogP contribution in [0.4, 0.5) is 0 Å². The highest BCUT2D eigenvalue weighted by Crippen LogP contribution is 2.32. The number of benzene rings is 1. The molecule has 1 atom stereocenters. The van der Waals surface area contributed by atoms with E-state index in [-0.39, 0.29) is 6.23 Å². The van der Waals surface area contributed by atoms with Gasteiger partial charge in [-0.1, -0.05) is 23.9 Å². The number of nitrogens with one attached hydrogen (secondary N) is 1. The highest BCUT2D eigenvalue weighted by Gasteiger charge is 2.21. The molecular weight excluding hydrogens is 456 g/mol. The third kappa shape index (κ3) is 5.59. The first kappa shape index (κ1) is 24.6. The van der Waals surface area contributed by atoms with Gasteiger partial charge in [0, 0.05) is 40.7 Å². The molecule has 1 aromatic carbocycles. The maximum Gasteiger partial charge on any atom is 0.150 e. The molecule has 184 valence electrons. The van der Waals surface area contributed by atoms with Crippen LogP contribution in [0.3, 0.4) is 0 Å². The third-order valence-electron chi connectivity index (χ3n) is 5.82. The van der Waals surface area contributed by atoms with Crippen molar-refractivity contribution in [3.63, 3.8) is 0 Å². The van der Waals surface area contributed by atoms with Gasteiger partial charge < -0.3 is 15.8 Å². The smallest absolute Gasteiger partial charge is 0.150 e. The van der Waals surface area contributed by atoms with E-state index in [9.17, 15) is 10.1 Å². The summed E-state index contributed by atoms with van der Waals surface area (Å²) in [6, 6.07) is 5.85. The number of aldehydes is 1. The van der Waals surface area contributed by atoms with Gasteiger partial charge in [-0.15, -0.1) is 5.10 Å². The number of hydrogen-bond acceptors (Lipinski definition) is 8. The lowest BCUT2D eigenvalue weighted by molar-refractivity contribution is -0.104. The van der Waals surface area contributed by atoms with Crippen LogP contribution in [-0.2, 0) is 16.1 Å². The molecule has 1 fully saturated rings. The van der Waals surface area contributed by atoms with Crippen molar-refractivity contribution in [3.05, 3.63) is 78.1 Å². The fourth-order valence-electron chi connectivity index (χ4n) is 3.93. The Morgan fingerprint density at radius 3 is 2.97 bits per heavy atom. The standard InChI is InChI=1S/C26H28N8O2/c1-3-19(17-35)8-7-18(2)29-13-21(28)15-33-16-24(31-32-33)22-10-20(12-27)11-25-23(22)14-30-34(25)26-6-4-5-9-36-26/h3,7-8,10-11,13-14,16-17,26,29H,2,4-6,9,15,28H2,1H3/b8-7-,19-3+,21-13-. The average molecular weight is 485 g/mol. The number of fused-ring (bicyclic) bond motifs is 1. The van der Waals surface area contributed by atoms with Crippen LogP contribution in [-0.4, -0.2) is 37.7 Å². The lowest BCUT2D eigenvalue weighted by Crippen LogP contribution is -2.19. The number of nitriles is 1. The van der Waals surface area contributed by atoms with E-state index >= 15 is 0 Å². The normalized spacial score (nSPS) is 16.8. The average Bonchev–Trinajstić information content (AvgIpc) is 3.55. The molecule has 0 aliphatic carbocycles. The molecule has 10 heteroatoms. The Labute approximate surface area is 209 Å². The Hall–Kier alpha value is -4.49. The third-order valence-corrected chi connectivity index (χ3v) is 5.82. The van der Waals surface area contributed by atoms with Crippen LogP contribution in [0.1, 0.15) is 38.0 Å². The van der Waals surface area contributed by atoms with Crippen molar-refractivity contribution in [1.29, 1.82) is 5.26 Å². The van der Waals surface area contributed by atoms with Gasteiger partial charge in [0.1, 0.15) is 12.0 Å². The zero-order valence-electron chi connectivity index (χ0n) is 20.1. The fourth-order valence-corrected chi connectivity index (χ4v) is 3.93. The molecule has 1 saturated heterocycles. The molecule has 3 aromatic rings. The highest BCUT2D eigenvalue weighted by atomic mass is 16.5. The van der Waals surface area contributed by atoms with Crippen LogP contribution in [0.5, 0.6) is 0 Å². The minimum absolute atomic E-state index is 0.140. The van der Waals surface area contributed by atoms with E-state index in [1.165, 1.54) is 0 Å². The molecule has 3 heterocycles. The number of carbonyl (C=O) groups is 1. The van der Waals surface area contributed by atoms with Crippen molar-refractivity contribution in [1.82, 2.24) is 30.1 Å². The zero-order valence-corrected chi connectivity index (χ0v) is 20.1. The molecule has 0 spiro atoms. The summed E-state index contributed by atoms with van der Waals surface area (Å²) in [5.41, 5.74) is 10.5. The van der Waals surface area contributed by atoms with Gasteiger partial charge in [-0.2, -0.15) is 10.4 Å². The number of hydrogen-bond donors (Lipinski definition) is 2. The molecule has 36 heavy (non-hydrogen) atoms. The second-order valence-electron chi connectivity index (χ2n) is 8.41. The zero-order chi connectivity index (χ0) is 25.5. The molecule has 4 rings (SSSR count). The lowest BCUT2D eigenvalue weighted by Gasteiger charge is -2.23. The van der Waals surface area contributed by atoms with E-state index in [1.807, 2.05) is 10.7 Å². The van der Waals surface area contributed by atoms with Gasteiger partial charge in [0.05, 0.1) is 36.1 Å². The molecule has 10 nitrogen and oxygen atoms in total. The van der Waals surface area contributed by atoms with Crippen molar-refractivity contribution in [2.45, 2.75) is 39.0 Å². The van der Waals surface area contributed by atoms with Crippen LogP contribution in [0, 0.1) is 11.3 Å². The summed E-state index contributed by atoms with van der Waals surface area (Å²) in [5, 5.41) is 26.6. The summed E-state index contributed by atoms with van der Waals surface area (Å²) < 4.78 is 9.38. The van der Waals surface area contributed by atoms with Gasteiger partial charge in [0.2, 0.25) is 0 Å². The van der Waals surface area contributed by atoms with E-state index in [2.05, 4.69) is 33.4 Å². The van der Waals surface area contributed by atoms with Crippen LogP contribution in [0.2, 0.25) is 0 Å². The number of ether oxygens (including phenoxy) is 1. The summed E-state index contributed by atoms with van der Waals surface area (Å²) in [6.07, 6.45) is 13.9. The van der Waals surface area contributed by atoms with Crippen LogP contribution < -0.4 is 11.1 Å². The quantitative estimate of drug-likeness (QED) is 0.268. The molecule has 3 N–H and O–H groups in total. The summed E-state index contributed by atoms with van der Waals surface area (Å²) >= 11 is 0. The number of rotatable bonds is 9. The van der Waals surface area contributed by atoms with E-state index in [4.69, 9.17) is 10.5 Å². The predicted molar refractivity (Wildman–Crippen MR) is 136 cm³/mol. The summed E-state index contributed by atoms with van der Waals surface area (Å²) in [6.45, 7) is 6.66. The van der Waals surface area contributed by atoms with Crippen molar-refractivity contribution in [3.8, 4) is 17.3 Å². The Morgan fingerprint density at radius 2 is 2.25 bits per heavy atom. The monoisotopic (exact) mass is 484 g/mol. The van der Waals surface area contributed by atoms with E-state index in [1.54, 1.807) is 54.5 Å². The van der Waals surface area contributed by atoms with Crippen LogP contribution >= 0.6 is 0 Å². The lowest BCUT2D eigenvalue weighted by atomic mass is 10.0. The maximum atomic E-state index is 10.9. The molecule has 0 amide bonds. The van der Waals surface area contributed by atoms with Crippen LogP contribution in [0.15, 0.2) is 72.5 Å². The predicted octanol–water partition coefficient (Wildman–Crippen LogP) is 3.47. The second-order valence-corrected chi connectivity index (χ2v) is 8.41. The summed E-state index contributed by atoms with van der Waals surface area (Å²) in [4.78, 5) is 10.9. The minimum atomic E-state index is -0.140. The van der Waals surface area contributed by atoms with E-state index in [0.717, 1.165) is 42.0 Å². The number of nitrogens with two attached hydrogens (primary N) is 1. The van der Waals surface area contributed by atoms with Gasteiger partial charge in [0.15, 0.2) is 6.23 Å². The Bertz CT molecular complexity index is 1400. The number of carbonyl (C=O) groups excluding carboxylic acids is 1. The van der Waals surface area contributed by atoms with Crippen molar-refractivity contribution >= 4 is 17.2 Å². The number of aromatic nitrogens is 5. The molecular formula is C26H28N8O2. The summed E-state index contributed by atoms with van der Waals surface area (Å²) in [7, 11) is 0. The van der Waals surface area contributed by atoms with Crippen LogP contribution in [0.25, 0.3) is 22.2 Å². The van der Waals surface area contributed by atoms with Crippen molar-refractivity contribution in [2.75, 3.05) is 6.61 Å². The largest absolute Gasteiger partial charge is 0.399 e. The molecule has 1 unspecified atom stereocenters. The van der Waals surface area contributed by atoms with Gasteiger partial charge >= 0.3 is 0 Å². The Morgan fingerprint density at radius 1 is 1.39 bits per heavy atom. The Kier molecular flexibility index (Phi) is 7.72. The van der Waals surface area contributed by atoms with Gasteiger partial charge in [-0.25, -0.2) is 9.36 Å². The second kappa shape index (κ2) is 11.3. The molecule has 1 aliphatic heterocycles. The number of nitrogens with zero attached hydrogens (tertiary/aromatic N) is 6. The molecule has 0 radical (unpaired) electrons. The SMILES string of the molecule is C=C(/C=C\C(C=O)=C/C)N/C=C(\N)Cn1cc(-c2cc(C#N)cc3c2cnn3C2CCCCO2)nn1. The van der Waals surface area contributed by atoms with E-state index in [0.29, 0.717) is 41.4 Å². The Balaban J connectivity index is 1.52. The van der Waals surface area contributed by atoms with Crippen molar-refractivity contribution in [2.24, 2.45) is 5.73 Å². The fraction of sp³-hybridized carbons (Fsp3) is 0.269. The molecule has 2 aromatic heterocycles. The molecule has 0 bridgehead atoms. The minimum Gasteiger partial charge on any atom is -0.399 e. The topological polar surface area (TPSA) is 137 Å². The highest BCUT2D eigenvalue weighted by molar-refractivity contribution is 5.94. The first-order chi connectivity index (χ1) is 17.5. The van der Waals surface area contributed by atoms with Crippen molar-refractivity contribution < 1.29 is 9.53 Å². The first-order valence-electron chi connectivity index (χ1n) is 11.7. The van der Waals surface area contributed by atoms with Gasteiger partial charge in [-0.3, -0.25) is 4.79 Å². The van der Waals surface area contributed by atoms with E-state index < -0.39 is 0 Å².